The first-order valence-corrected chi connectivity index (χ1v) is 18.8. The average molecular weight is 717 g/mol. The third-order valence-electron chi connectivity index (χ3n) is 11.5. The molecule has 0 atom stereocenters. The van der Waals surface area contributed by atoms with Crippen LogP contribution >= 0.6 is 0 Å². The number of benzene rings is 6. The van der Waals surface area contributed by atoms with Crippen LogP contribution in [0.5, 0.6) is 0 Å². The Morgan fingerprint density at radius 3 is 1.88 bits per heavy atom. The number of hydrogen-bond acceptors (Lipinski definition) is 4. The molecule has 260 valence electrons. The molecular formula is C49H28N6O. The van der Waals surface area contributed by atoms with E-state index >= 15 is 0 Å². The van der Waals surface area contributed by atoms with Gasteiger partial charge in [-0.3, -0.25) is 14.0 Å². The number of fused-ring (bicyclic) bond motifs is 16. The highest BCUT2D eigenvalue weighted by Gasteiger charge is 2.22. The van der Waals surface area contributed by atoms with Crippen LogP contribution in [-0.4, -0.2) is 28.5 Å². The maximum absolute atomic E-state index is 6.64. The molecule has 56 heavy (non-hydrogen) atoms. The van der Waals surface area contributed by atoms with Crippen molar-refractivity contribution in [2.75, 3.05) is 0 Å². The largest absolute Gasteiger partial charge is 0.452 e. The maximum Gasteiger partial charge on any atom is 0.162 e. The summed E-state index contributed by atoms with van der Waals surface area (Å²) in [7, 11) is 0. The maximum atomic E-state index is 6.64. The standard InChI is InChI=1S/C49H28N6O/c1-2-11-31(12-3-1)53-39-16-7-4-13-32(39)34-25-29(20-22-41(34)53)30-21-23-42-35(26-30)33-14-5-8-17-40(33)54(42)45-27-36-37(28-51-45)49-52-38-15-6-9-18-43(38)55(49)47-46-44(56-48(36)47)19-10-24-50-46/h1-28H. The van der Waals surface area contributed by atoms with Crippen molar-refractivity contribution < 1.29 is 4.42 Å². The van der Waals surface area contributed by atoms with Crippen molar-refractivity contribution in [1.29, 1.82) is 0 Å². The smallest absolute Gasteiger partial charge is 0.162 e. The minimum Gasteiger partial charge on any atom is -0.452 e. The van der Waals surface area contributed by atoms with Gasteiger partial charge in [0.25, 0.3) is 0 Å². The van der Waals surface area contributed by atoms with E-state index in [9.17, 15) is 0 Å². The second kappa shape index (κ2) is 10.9. The van der Waals surface area contributed by atoms with Crippen LogP contribution in [0.1, 0.15) is 0 Å². The second-order valence-corrected chi connectivity index (χ2v) is 14.5. The fourth-order valence-electron chi connectivity index (χ4n) is 9.08. The van der Waals surface area contributed by atoms with Crippen molar-refractivity contribution in [3.8, 4) is 22.6 Å². The molecule has 7 aromatic heterocycles. The SMILES string of the molecule is c1ccc(-n2c3ccccc3c3cc(-c4ccc5c(c4)c4ccccc4n5-c4cc5c(cn4)c4nc6ccccc6n4c4c6ncccc6oc54)ccc32)cc1. The molecule has 0 radical (unpaired) electrons. The van der Waals surface area contributed by atoms with Gasteiger partial charge in [0, 0.05) is 50.4 Å². The zero-order valence-electron chi connectivity index (χ0n) is 29.8. The van der Waals surface area contributed by atoms with E-state index in [0.29, 0.717) is 0 Å². The quantitative estimate of drug-likeness (QED) is 0.183. The van der Waals surface area contributed by atoms with Crippen LogP contribution in [0.3, 0.4) is 0 Å². The van der Waals surface area contributed by atoms with E-state index < -0.39 is 0 Å². The number of para-hydroxylation sites is 5. The number of nitrogens with zero attached hydrogens (tertiary/aromatic N) is 6. The predicted molar refractivity (Wildman–Crippen MR) is 227 cm³/mol. The minimum absolute atomic E-state index is 0.736. The van der Waals surface area contributed by atoms with Gasteiger partial charge >= 0.3 is 0 Å². The number of aromatic nitrogens is 6. The summed E-state index contributed by atoms with van der Waals surface area (Å²) in [6.07, 6.45) is 3.76. The van der Waals surface area contributed by atoms with Crippen molar-refractivity contribution in [3.05, 3.63) is 170 Å². The Morgan fingerprint density at radius 1 is 0.464 bits per heavy atom. The molecule has 0 amide bonds. The zero-order valence-corrected chi connectivity index (χ0v) is 29.8. The van der Waals surface area contributed by atoms with Crippen molar-refractivity contribution in [1.82, 2.24) is 28.5 Å². The van der Waals surface area contributed by atoms with Gasteiger partial charge in [-0.15, -0.1) is 0 Å². The summed E-state index contributed by atoms with van der Waals surface area (Å²) in [5, 5.41) is 6.67. The van der Waals surface area contributed by atoms with E-state index in [-0.39, 0.29) is 0 Å². The zero-order chi connectivity index (χ0) is 36.5. The molecule has 0 aliphatic carbocycles. The Morgan fingerprint density at radius 2 is 1.11 bits per heavy atom. The summed E-state index contributed by atoms with van der Waals surface area (Å²) in [6.45, 7) is 0. The molecule has 0 saturated heterocycles. The summed E-state index contributed by atoms with van der Waals surface area (Å²) in [6, 6.07) is 55.8. The van der Waals surface area contributed by atoms with Gasteiger partial charge in [-0.1, -0.05) is 78.9 Å². The van der Waals surface area contributed by atoms with Crippen LogP contribution in [0.25, 0.3) is 116 Å². The van der Waals surface area contributed by atoms with Gasteiger partial charge in [-0.05, 0) is 90.0 Å². The number of furan rings is 1. The fourth-order valence-corrected chi connectivity index (χ4v) is 9.08. The van der Waals surface area contributed by atoms with Crippen LogP contribution in [0, 0.1) is 0 Å². The van der Waals surface area contributed by atoms with Crippen molar-refractivity contribution in [2.24, 2.45) is 0 Å². The van der Waals surface area contributed by atoms with Gasteiger partial charge in [0.1, 0.15) is 22.5 Å². The third-order valence-corrected chi connectivity index (χ3v) is 11.5. The monoisotopic (exact) mass is 716 g/mol. The van der Waals surface area contributed by atoms with E-state index in [2.05, 4.69) is 141 Å². The van der Waals surface area contributed by atoms with E-state index in [1.54, 1.807) is 0 Å². The molecule has 6 aromatic carbocycles. The Kier molecular flexibility index (Phi) is 5.77. The van der Waals surface area contributed by atoms with Crippen LogP contribution in [0.2, 0.25) is 0 Å². The van der Waals surface area contributed by atoms with Gasteiger partial charge in [0.05, 0.1) is 33.1 Å². The summed E-state index contributed by atoms with van der Waals surface area (Å²) >= 11 is 0. The number of imidazole rings is 1. The fraction of sp³-hybridized carbons (Fsp3) is 0. The van der Waals surface area contributed by atoms with Crippen LogP contribution < -0.4 is 0 Å². The summed E-state index contributed by atoms with van der Waals surface area (Å²) in [5.41, 5.74) is 14.0. The predicted octanol–water partition coefficient (Wildman–Crippen LogP) is 12.2. The minimum atomic E-state index is 0.736. The number of rotatable bonds is 3. The van der Waals surface area contributed by atoms with E-state index in [1.807, 2.05) is 42.7 Å². The normalized spacial score (nSPS) is 12.3. The lowest BCUT2D eigenvalue weighted by atomic mass is 10.0. The van der Waals surface area contributed by atoms with Gasteiger partial charge in [0.2, 0.25) is 0 Å². The van der Waals surface area contributed by atoms with Gasteiger partial charge in [-0.2, -0.15) is 0 Å². The molecular weight excluding hydrogens is 689 g/mol. The second-order valence-electron chi connectivity index (χ2n) is 14.5. The van der Waals surface area contributed by atoms with Gasteiger partial charge in [-0.25, -0.2) is 9.97 Å². The molecule has 7 heterocycles. The third kappa shape index (κ3) is 3.92. The Balaban J connectivity index is 1.03. The lowest BCUT2D eigenvalue weighted by molar-refractivity contribution is 0.671. The highest BCUT2D eigenvalue weighted by molar-refractivity contribution is 6.18. The molecule has 0 unspecified atom stereocenters. The van der Waals surface area contributed by atoms with Crippen molar-refractivity contribution >= 4 is 93.3 Å². The topological polar surface area (TPSA) is 66.1 Å². The molecule has 0 spiro atoms. The van der Waals surface area contributed by atoms with Gasteiger partial charge < -0.3 is 8.98 Å². The molecule has 0 aliphatic heterocycles. The van der Waals surface area contributed by atoms with Crippen LogP contribution in [-0.2, 0) is 0 Å². The Hall–Kier alpha value is -7.77. The number of hydrogen-bond donors (Lipinski definition) is 0. The lowest BCUT2D eigenvalue weighted by Gasteiger charge is -2.10. The van der Waals surface area contributed by atoms with Crippen molar-refractivity contribution in [3.63, 3.8) is 0 Å². The molecule has 0 N–H and O–H groups in total. The molecule has 0 fully saturated rings. The Labute approximate surface area is 317 Å². The molecule has 7 heteroatoms. The summed E-state index contributed by atoms with van der Waals surface area (Å²) in [5.74, 6) is 0.807. The molecule has 0 saturated carbocycles. The van der Waals surface area contributed by atoms with E-state index in [0.717, 1.165) is 77.8 Å². The van der Waals surface area contributed by atoms with Crippen LogP contribution in [0.4, 0.5) is 0 Å². The first kappa shape index (κ1) is 29.7. The first-order chi connectivity index (χ1) is 27.8. The molecule has 13 rings (SSSR count). The first-order valence-electron chi connectivity index (χ1n) is 18.8. The molecule has 7 nitrogen and oxygen atoms in total. The van der Waals surface area contributed by atoms with E-state index in [1.165, 1.54) is 38.1 Å². The highest BCUT2D eigenvalue weighted by atomic mass is 16.3. The highest BCUT2D eigenvalue weighted by Crippen LogP contribution is 2.41. The van der Waals surface area contributed by atoms with Crippen molar-refractivity contribution in [2.45, 2.75) is 0 Å². The molecule has 13 aromatic rings. The van der Waals surface area contributed by atoms with E-state index in [4.69, 9.17) is 19.4 Å². The summed E-state index contributed by atoms with van der Waals surface area (Å²) in [4.78, 5) is 15.0. The average Bonchev–Trinajstić information content (AvgIpc) is 4.01. The van der Waals surface area contributed by atoms with Crippen LogP contribution in [0.15, 0.2) is 175 Å². The lowest BCUT2D eigenvalue weighted by Crippen LogP contribution is -1.98. The number of pyridine rings is 3. The molecule has 0 aliphatic rings. The van der Waals surface area contributed by atoms with Gasteiger partial charge in [0.15, 0.2) is 11.2 Å². The molecule has 0 bridgehead atoms. The summed E-state index contributed by atoms with van der Waals surface area (Å²) < 4.78 is 13.4. The Bertz CT molecular complexity index is 3770.